The van der Waals surface area contributed by atoms with E-state index >= 15 is 0 Å². The number of halogens is 1. The van der Waals surface area contributed by atoms with Crippen LogP contribution < -0.4 is 10.6 Å². The molecule has 4 heteroatoms. The van der Waals surface area contributed by atoms with Crippen LogP contribution in [-0.4, -0.2) is 32.3 Å². The minimum atomic E-state index is 0.216. The van der Waals surface area contributed by atoms with Gasteiger partial charge in [0.15, 0.2) is 0 Å². The van der Waals surface area contributed by atoms with Gasteiger partial charge < -0.3 is 15.4 Å². The molecule has 1 aromatic carbocycles. The van der Waals surface area contributed by atoms with E-state index < -0.39 is 0 Å². The van der Waals surface area contributed by atoms with Gasteiger partial charge in [-0.3, -0.25) is 0 Å². The van der Waals surface area contributed by atoms with Crippen molar-refractivity contribution in [1.82, 2.24) is 0 Å². The molecule has 0 radical (unpaired) electrons. The van der Waals surface area contributed by atoms with Crippen LogP contribution in [0.3, 0.4) is 0 Å². The summed E-state index contributed by atoms with van der Waals surface area (Å²) in [5.74, 6) is 0. The Morgan fingerprint density at radius 3 is 2.65 bits per heavy atom. The highest BCUT2D eigenvalue weighted by atomic mass is 79.9. The average Bonchev–Trinajstić information content (AvgIpc) is 2.44. The van der Waals surface area contributed by atoms with Crippen molar-refractivity contribution in [2.75, 3.05) is 31.2 Å². The van der Waals surface area contributed by atoms with E-state index in [1.54, 1.807) is 0 Å². The molecule has 0 saturated carbocycles. The van der Waals surface area contributed by atoms with E-state index in [-0.39, 0.29) is 6.04 Å². The Morgan fingerprint density at radius 2 is 2.05 bits per heavy atom. The van der Waals surface area contributed by atoms with E-state index in [2.05, 4.69) is 52.9 Å². The molecule has 0 bridgehead atoms. The molecule has 0 fully saturated rings. The van der Waals surface area contributed by atoms with Crippen molar-refractivity contribution < 1.29 is 4.74 Å². The Morgan fingerprint density at radius 1 is 1.30 bits per heavy atom. The quantitative estimate of drug-likeness (QED) is 0.697. The number of nitrogens with zero attached hydrogens (tertiary/aromatic N) is 1. The highest BCUT2D eigenvalue weighted by molar-refractivity contribution is 9.10. The third kappa shape index (κ3) is 5.43. The molecule has 1 unspecified atom stereocenters. The van der Waals surface area contributed by atoms with Gasteiger partial charge in [0.25, 0.3) is 0 Å². The van der Waals surface area contributed by atoms with Crippen molar-refractivity contribution in [2.45, 2.75) is 39.7 Å². The number of nitrogens with two attached hydrogens (primary N) is 1. The zero-order valence-corrected chi connectivity index (χ0v) is 14.4. The van der Waals surface area contributed by atoms with Crippen molar-refractivity contribution in [3.8, 4) is 0 Å². The highest BCUT2D eigenvalue weighted by Crippen LogP contribution is 2.26. The molecule has 0 aromatic heterocycles. The number of likely N-dealkylation sites (N-methyl/N-ethyl adjacent to an activating group) is 1. The van der Waals surface area contributed by atoms with E-state index in [0.29, 0.717) is 0 Å². The summed E-state index contributed by atoms with van der Waals surface area (Å²) in [5.41, 5.74) is 8.72. The third-order valence-electron chi connectivity index (χ3n) is 3.48. The highest BCUT2D eigenvalue weighted by Gasteiger charge is 2.12. The Kier molecular flexibility index (Phi) is 8.19. The molecule has 0 saturated heterocycles. The minimum absolute atomic E-state index is 0.216. The fourth-order valence-corrected chi connectivity index (χ4v) is 2.63. The summed E-state index contributed by atoms with van der Waals surface area (Å²) in [6.45, 7) is 9.77. The Labute approximate surface area is 131 Å². The molecule has 0 spiro atoms. The van der Waals surface area contributed by atoms with Crippen LogP contribution >= 0.6 is 15.9 Å². The molecule has 0 aliphatic heterocycles. The van der Waals surface area contributed by atoms with Crippen LogP contribution in [-0.2, 0) is 11.2 Å². The summed E-state index contributed by atoms with van der Waals surface area (Å²) >= 11 is 3.56. The first-order valence-corrected chi connectivity index (χ1v) is 8.28. The van der Waals surface area contributed by atoms with Crippen LogP contribution in [0.1, 0.15) is 32.8 Å². The van der Waals surface area contributed by atoms with Gasteiger partial charge in [0.05, 0.1) is 6.61 Å². The zero-order valence-electron chi connectivity index (χ0n) is 12.9. The summed E-state index contributed by atoms with van der Waals surface area (Å²) in [6, 6.07) is 6.68. The number of anilines is 1. The van der Waals surface area contributed by atoms with Crippen molar-refractivity contribution >= 4 is 21.6 Å². The smallest absolute Gasteiger partial charge is 0.0641 e. The molecule has 1 rings (SSSR count). The molecule has 1 atom stereocenters. The predicted octanol–water partition coefficient (Wildman–Crippen LogP) is 3.59. The standard InChI is InChI=1S/C16H27BrN2O/c1-4-15(18)12-13-11-14(17)7-8-16(13)19(5-2)9-10-20-6-3/h7-8,11,15H,4-6,9-10,12,18H2,1-3H3. The van der Waals surface area contributed by atoms with Crippen molar-refractivity contribution in [3.63, 3.8) is 0 Å². The Balaban J connectivity index is 2.89. The molecule has 1 aromatic rings. The minimum Gasteiger partial charge on any atom is -0.380 e. The summed E-state index contributed by atoms with van der Waals surface area (Å²) in [7, 11) is 0. The van der Waals surface area contributed by atoms with Gasteiger partial charge in [-0.15, -0.1) is 0 Å². The van der Waals surface area contributed by atoms with E-state index in [9.17, 15) is 0 Å². The lowest BCUT2D eigenvalue weighted by molar-refractivity contribution is 0.154. The Hall–Kier alpha value is -0.580. The van der Waals surface area contributed by atoms with E-state index in [0.717, 1.165) is 43.6 Å². The van der Waals surface area contributed by atoms with Gasteiger partial charge in [-0.25, -0.2) is 0 Å². The maximum atomic E-state index is 6.13. The van der Waals surface area contributed by atoms with Gasteiger partial charge >= 0.3 is 0 Å². The van der Waals surface area contributed by atoms with Gasteiger partial charge in [0.1, 0.15) is 0 Å². The average molecular weight is 343 g/mol. The SMILES string of the molecule is CCOCCN(CC)c1ccc(Br)cc1CC(N)CC. The lowest BCUT2D eigenvalue weighted by atomic mass is 10.0. The van der Waals surface area contributed by atoms with E-state index in [4.69, 9.17) is 10.5 Å². The first kappa shape index (κ1) is 17.5. The van der Waals surface area contributed by atoms with Crippen LogP contribution in [0.2, 0.25) is 0 Å². The summed E-state index contributed by atoms with van der Waals surface area (Å²) in [6.07, 6.45) is 1.91. The first-order valence-electron chi connectivity index (χ1n) is 7.49. The Bertz CT molecular complexity index is 398. The van der Waals surface area contributed by atoms with Crippen LogP contribution in [0.15, 0.2) is 22.7 Å². The maximum Gasteiger partial charge on any atom is 0.0641 e. The van der Waals surface area contributed by atoms with Crippen molar-refractivity contribution in [2.24, 2.45) is 5.73 Å². The number of ether oxygens (including phenoxy) is 1. The van der Waals surface area contributed by atoms with Crippen LogP contribution in [0.25, 0.3) is 0 Å². The maximum absolute atomic E-state index is 6.13. The van der Waals surface area contributed by atoms with E-state index in [1.807, 2.05) is 6.92 Å². The van der Waals surface area contributed by atoms with Gasteiger partial charge in [-0.2, -0.15) is 0 Å². The van der Waals surface area contributed by atoms with E-state index in [1.165, 1.54) is 11.3 Å². The molecule has 3 nitrogen and oxygen atoms in total. The number of benzene rings is 1. The number of rotatable bonds is 9. The van der Waals surface area contributed by atoms with Crippen LogP contribution in [0.5, 0.6) is 0 Å². The molecular weight excluding hydrogens is 316 g/mol. The van der Waals surface area contributed by atoms with Gasteiger partial charge in [-0.1, -0.05) is 22.9 Å². The molecule has 0 aliphatic rings. The van der Waals surface area contributed by atoms with Crippen molar-refractivity contribution in [3.05, 3.63) is 28.2 Å². The zero-order chi connectivity index (χ0) is 15.0. The molecule has 114 valence electrons. The molecule has 0 heterocycles. The largest absolute Gasteiger partial charge is 0.380 e. The normalized spacial score (nSPS) is 12.4. The summed E-state index contributed by atoms with van der Waals surface area (Å²) < 4.78 is 6.59. The third-order valence-corrected chi connectivity index (χ3v) is 3.97. The first-order chi connectivity index (χ1) is 9.62. The second-order valence-electron chi connectivity index (χ2n) is 4.92. The number of hydrogen-bond acceptors (Lipinski definition) is 3. The lowest BCUT2D eigenvalue weighted by Gasteiger charge is -2.26. The molecule has 0 aliphatic carbocycles. The molecule has 20 heavy (non-hydrogen) atoms. The molecule has 2 N–H and O–H groups in total. The molecule has 0 amide bonds. The fourth-order valence-electron chi connectivity index (χ4n) is 2.22. The number of hydrogen-bond donors (Lipinski definition) is 1. The topological polar surface area (TPSA) is 38.5 Å². The predicted molar refractivity (Wildman–Crippen MR) is 90.5 cm³/mol. The monoisotopic (exact) mass is 342 g/mol. The van der Waals surface area contributed by atoms with Crippen LogP contribution in [0.4, 0.5) is 5.69 Å². The lowest BCUT2D eigenvalue weighted by Crippen LogP contribution is -2.29. The molecular formula is C16H27BrN2O. The van der Waals surface area contributed by atoms with Crippen LogP contribution in [0, 0.1) is 0 Å². The second-order valence-corrected chi connectivity index (χ2v) is 5.84. The fraction of sp³-hybridized carbons (Fsp3) is 0.625. The second kappa shape index (κ2) is 9.37. The summed E-state index contributed by atoms with van der Waals surface area (Å²) in [5, 5.41) is 0. The van der Waals surface area contributed by atoms with Crippen molar-refractivity contribution in [1.29, 1.82) is 0 Å². The summed E-state index contributed by atoms with van der Waals surface area (Å²) in [4.78, 5) is 2.36. The van der Waals surface area contributed by atoms with Gasteiger partial charge in [0, 0.05) is 35.9 Å². The van der Waals surface area contributed by atoms with Gasteiger partial charge in [-0.05, 0) is 50.5 Å². The van der Waals surface area contributed by atoms with Gasteiger partial charge in [0.2, 0.25) is 0 Å².